The zero-order valence-corrected chi connectivity index (χ0v) is 23.6. The van der Waals surface area contributed by atoms with Gasteiger partial charge in [-0.3, -0.25) is 0 Å². The molecule has 214 valence electrons. The lowest BCUT2D eigenvalue weighted by molar-refractivity contribution is -0.182. The van der Waals surface area contributed by atoms with Gasteiger partial charge in [-0.05, 0) is 69.9 Å². The smallest absolute Gasteiger partial charge is 0.374 e. The Kier molecular flexibility index (Phi) is 9.91. The summed E-state index contributed by atoms with van der Waals surface area (Å²) in [4.78, 5) is 13.9. The van der Waals surface area contributed by atoms with Gasteiger partial charge in [0.05, 0.1) is 17.3 Å². The summed E-state index contributed by atoms with van der Waals surface area (Å²) in [6.45, 7) is 14.7. The van der Waals surface area contributed by atoms with Crippen LogP contribution in [0.15, 0.2) is 42.1 Å². The number of allylic oxidation sites excluding steroid dienone is 4. The predicted molar refractivity (Wildman–Crippen MR) is 146 cm³/mol. The van der Waals surface area contributed by atoms with Crippen LogP contribution in [-0.4, -0.2) is 32.5 Å². The Balaban J connectivity index is 2.04. The predicted octanol–water partition coefficient (Wildman–Crippen LogP) is 7.63. The highest BCUT2D eigenvalue weighted by molar-refractivity contribution is 5.78. The lowest BCUT2D eigenvalue weighted by Gasteiger charge is -2.22. The molecule has 39 heavy (non-hydrogen) atoms. The van der Waals surface area contributed by atoms with Gasteiger partial charge in [-0.25, -0.2) is 19.3 Å². The molecule has 0 radical (unpaired) electrons. The van der Waals surface area contributed by atoms with Gasteiger partial charge in [0, 0.05) is 23.4 Å². The van der Waals surface area contributed by atoms with Gasteiger partial charge >= 0.3 is 6.18 Å². The highest BCUT2D eigenvalue weighted by atomic mass is 19.4. The van der Waals surface area contributed by atoms with Gasteiger partial charge in [0.1, 0.15) is 17.9 Å². The number of hydrogen-bond donors (Lipinski definition) is 2. The average molecular weight is 549 g/mol. The fraction of sp³-hybridized carbons (Fsp3) is 0.567. The highest BCUT2D eigenvalue weighted by Crippen LogP contribution is 2.50. The van der Waals surface area contributed by atoms with E-state index in [2.05, 4.69) is 23.8 Å². The van der Waals surface area contributed by atoms with Crippen LogP contribution in [0.3, 0.4) is 0 Å². The van der Waals surface area contributed by atoms with E-state index >= 15 is 0 Å². The molecule has 2 heterocycles. The number of aliphatic hydroxyl groups is 1. The molecular formula is C30H40F4N4O. The van der Waals surface area contributed by atoms with Gasteiger partial charge < -0.3 is 10.4 Å². The zero-order chi connectivity index (χ0) is 29.1. The third-order valence-electron chi connectivity index (χ3n) is 7.67. The molecule has 2 aromatic heterocycles. The highest BCUT2D eigenvalue weighted by Gasteiger charge is 2.49. The van der Waals surface area contributed by atoms with E-state index in [0.29, 0.717) is 41.8 Å². The van der Waals surface area contributed by atoms with E-state index in [1.807, 2.05) is 26.0 Å². The molecule has 2 N–H and O–H groups in total. The minimum Gasteiger partial charge on any atom is -0.374 e. The summed E-state index contributed by atoms with van der Waals surface area (Å²) in [5, 5.41) is 13.0. The molecule has 1 saturated carbocycles. The standard InChI is InChI=1S/C30H40F4N4O/c1-8-21(11-17(4)22(10-9-16(2)3)15-35-20(7)39)28-37-27(23-12-18(5)25(13-23)30(32,33)34)24-14-26(31)19(6)36-29(24)38-28/h9-10,14-15,17-18,20-21,23,25,35,39H,2,8,11-13H2,1,3-7H3/b10-9-,22-15+. The molecular weight excluding hydrogens is 508 g/mol. The molecule has 3 rings (SSSR count). The minimum absolute atomic E-state index is 0.0311. The molecule has 9 heteroatoms. The number of pyridine rings is 1. The fourth-order valence-electron chi connectivity index (χ4n) is 5.41. The van der Waals surface area contributed by atoms with Crippen LogP contribution in [0.5, 0.6) is 0 Å². The van der Waals surface area contributed by atoms with E-state index in [4.69, 9.17) is 9.97 Å². The van der Waals surface area contributed by atoms with Crippen molar-refractivity contribution in [3.63, 3.8) is 0 Å². The third-order valence-corrected chi connectivity index (χ3v) is 7.67. The Labute approximate surface area is 228 Å². The van der Waals surface area contributed by atoms with Gasteiger partial charge in [-0.15, -0.1) is 0 Å². The van der Waals surface area contributed by atoms with Crippen molar-refractivity contribution < 1.29 is 22.7 Å². The van der Waals surface area contributed by atoms with Crippen molar-refractivity contribution in [1.29, 1.82) is 0 Å². The number of fused-ring (bicyclic) bond motifs is 1. The first-order valence-corrected chi connectivity index (χ1v) is 13.6. The van der Waals surface area contributed by atoms with Crippen molar-refractivity contribution in [2.45, 2.75) is 91.5 Å². The van der Waals surface area contributed by atoms with Gasteiger partial charge in [0.25, 0.3) is 0 Å². The molecule has 5 nitrogen and oxygen atoms in total. The summed E-state index contributed by atoms with van der Waals surface area (Å²) in [6.07, 6.45) is 2.21. The number of aliphatic hydroxyl groups excluding tert-OH is 1. The Morgan fingerprint density at radius 2 is 1.90 bits per heavy atom. The van der Waals surface area contributed by atoms with Crippen molar-refractivity contribution in [2.75, 3.05) is 0 Å². The molecule has 1 fully saturated rings. The SMILES string of the molecule is C=C(C)/C=C\C(=C/NC(C)O)C(C)CC(CC)c1nc(C2CC(C)C(C(F)(F)F)C2)c2cc(F)c(C)nc2n1. The van der Waals surface area contributed by atoms with Gasteiger partial charge in [0.2, 0.25) is 0 Å². The normalized spacial score (nSPS) is 22.8. The van der Waals surface area contributed by atoms with Gasteiger partial charge in [-0.2, -0.15) is 13.2 Å². The van der Waals surface area contributed by atoms with Crippen molar-refractivity contribution in [1.82, 2.24) is 20.3 Å². The van der Waals surface area contributed by atoms with Crippen molar-refractivity contribution >= 4 is 11.0 Å². The lowest BCUT2D eigenvalue weighted by Crippen LogP contribution is -2.24. The number of alkyl halides is 3. The van der Waals surface area contributed by atoms with Crippen LogP contribution in [0, 0.1) is 30.5 Å². The van der Waals surface area contributed by atoms with Crippen LogP contribution in [0.4, 0.5) is 17.6 Å². The second-order valence-electron chi connectivity index (χ2n) is 11.1. The minimum atomic E-state index is -4.29. The number of aromatic nitrogens is 3. The molecule has 1 aliphatic rings. The lowest BCUT2D eigenvalue weighted by atomic mass is 9.87. The fourth-order valence-corrected chi connectivity index (χ4v) is 5.41. The summed E-state index contributed by atoms with van der Waals surface area (Å²) >= 11 is 0. The van der Waals surface area contributed by atoms with Crippen molar-refractivity contribution in [3.05, 3.63) is 65.2 Å². The molecule has 0 bridgehead atoms. The maximum absolute atomic E-state index is 14.6. The van der Waals surface area contributed by atoms with E-state index < -0.39 is 36.0 Å². The Bertz CT molecular complexity index is 1240. The Morgan fingerprint density at radius 1 is 1.21 bits per heavy atom. The first-order valence-electron chi connectivity index (χ1n) is 13.6. The number of nitrogens with zero attached hydrogens (tertiary/aromatic N) is 3. The van der Waals surface area contributed by atoms with Crippen molar-refractivity contribution in [3.8, 4) is 0 Å². The summed E-state index contributed by atoms with van der Waals surface area (Å²) in [6, 6.07) is 1.32. The molecule has 6 unspecified atom stereocenters. The summed E-state index contributed by atoms with van der Waals surface area (Å²) in [5.41, 5.74) is 2.80. The molecule has 0 aromatic carbocycles. The van der Waals surface area contributed by atoms with Crippen LogP contribution < -0.4 is 5.32 Å². The largest absolute Gasteiger partial charge is 0.392 e. The first kappa shape index (κ1) is 30.7. The van der Waals surface area contributed by atoms with Crippen LogP contribution in [0.2, 0.25) is 0 Å². The number of aryl methyl sites for hydroxylation is 1. The van der Waals surface area contributed by atoms with Crippen LogP contribution in [0.1, 0.15) is 89.4 Å². The monoisotopic (exact) mass is 548 g/mol. The third kappa shape index (κ3) is 7.65. The molecule has 0 aliphatic heterocycles. The van der Waals surface area contributed by atoms with E-state index in [0.717, 1.165) is 11.1 Å². The Hall–Kier alpha value is -2.81. The number of nitrogens with one attached hydrogen (secondary N) is 1. The van der Waals surface area contributed by atoms with E-state index in [1.165, 1.54) is 6.07 Å². The van der Waals surface area contributed by atoms with Gasteiger partial charge in [0.15, 0.2) is 5.65 Å². The summed E-state index contributed by atoms with van der Waals surface area (Å²) < 4.78 is 55.6. The maximum atomic E-state index is 14.6. The molecule has 1 aliphatic carbocycles. The number of halogens is 4. The average Bonchev–Trinajstić information content (AvgIpc) is 3.24. The van der Waals surface area contributed by atoms with Gasteiger partial charge in [-0.1, -0.05) is 45.1 Å². The molecule has 0 amide bonds. The topological polar surface area (TPSA) is 70.9 Å². The quantitative estimate of drug-likeness (QED) is 0.181. The maximum Gasteiger partial charge on any atom is 0.392 e. The van der Waals surface area contributed by atoms with Crippen LogP contribution in [-0.2, 0) is 0 Å². The molecule has 6 atom stereocenters. The number of hydrogen-bond acceptors (Lipinski definition) is 5. The second kappa shape index (κ2) is 12.6. The number of rotatable bonds is 10. The van der Waals surface area contributed by atoms with Crippen LogP contribution in [0.25, 0.3) is 11.0 Å². The molecule has 0 spiro atoms. The summed E-state index contributed by atoms with van der Waals surface area (Å²) in [5.74, 6) is -2.52. The first-order chi connectivity index (χ1) is 18.2. The molecule has 0 saturated heterocycles. The van der Waals surface area contributed by atoms with E-state index in [-0.39, 0.29) is 24.0 Å². The second-order valence-corrected chi connectivity index (χ2v) is 11.1. The zero-order valence-electron chi connectivity index (χ0n) is 23.6. The Morgan fingerprint density at radius 3 is 2.46 bits per heavy atom. The van der Waals surface area contributed by atoms with Crippen LogP contribution >= 0.6 is 0 Å². The summed E-state index contributed by atoms with van der Waals surface area (Å²) in [7, 11) is 0. The van der Waals surface area contributed by atoms with E-state index in [9.17, 15) is 22.7 Å². The van der Waals surface area contributed by atoms with E-state index in [1.54, 1.807) is 27.0 Å². The molecule has 2 aromatic rings. The van der Waals surface area contributed by atoms with Crippen molar-refractivity contribution in [2.24, 2.45) is 17.8 Å².